The lowest BCUT2D eigenvalue weighted by atomic mass is 10.1. The number of fused-ring (bicyclic) bond motifs is 1. The second-order valence-electron chi connectivity index (χ2n) is 4.74. The molecular formula is C16H14ClFN2O. The van der Waals surface area contributed by atoms with Crippen molar-refractivity contribution in [3.63, 3.8) is 0 Å². The molecule has 3 aromatic rings. The van der Waals surface area contributed by atoms with Gasteiger partial charge in [-0.05, 0) is 24.3 Å². The third-order valence-corrected chi connectivity index (χ3v) is 3.71. The van der Waals surface area contributed by atoms with Crippen LogP contribution in [0.2, 0.25) is 5.02 Å². The summed E-state index contributed by atoms with van der Waals surface area (Å²) in [5, 5.41) is 4.60. The van der Waals surface area contributed by atoms with Crippen LogP contribution >= 0.6 is 11.6 Å². The highest BCUT2D eigenvalue weighted by Crippen LogP contribution is 2.31. The van der Waals surface area contributed by atoms with E-state index in [0.717, 1.165) is 16.5 Å². The first-order chi connectivity index (χ1) is 10.2. The summed E-state index contributed by atoms with van der Waals surface area (Å²) in [7, 11) is 0. The molecule has 0 aliphatic heterocycles. The third kappa shape index (κ3) is 2.73. The van der Waals surface area contributed by atoms with Crippen LogP contribution in [-0.4, -0.2) is 6.54 Å². The zero-order valence-electron chi connectivity index (χ0n) is 11.1. The lowest BCUT2D eigenvalue weighted by molar-refractivity contribution is 0.604. The summed E-state index contributed by atoms with van der Waals surface area (Å²) in [5.41, 5.74) is 8.08. The van der Waals surface area contributed by atoms with Crippen LogP contribution in [-0.2, 0) is 0 Å². The van der Waals surface area contributed by atoms with Crippen LogP contribution in [0.3, 0.4) is 0 Å². The maximum atomic E-state index is 13.3. The number of benzene rings is 2. The Morgan fingerprint density at radius 3 is 2.86 bits per heavy atom. The molecule has 0 saturated carbocycles. The molecule has 0 aliphatic carbocycles. The zero-order chi connectivity index (χ0) is 14.8. The second-order valence-corrected chi connectivity index (χ2v) is 5.15. The Hall–Kier alpha value is -2.04. The van der Waals surface area contributed by atoms with Gasteiger partial charge in [-0.15, -0.1) is 0 Å². The van der Waals surface area contributed by atoms with Gasteiger partial charge < -0.3 is 15.5 Å². The van der Waals surface area contributed by atoms with E-state index < -0.39 is 0 Å². The van der Waals surface area contributed by atoms with Gasteiger partial charge in [-0.25, -0.2) is 4.39 Å². The molecule has 3 rings (SSSR count). The minimum Gasteiger partial charge on any atom is -0.464 e. The van der Waals surface area contributed by atoms with E-state index in [-0.39, 0.29) is 11.9 Å². The Labute approximate surface area is 126 Å². The highest BCUT2D eigenvalue weighted by atomic mass is 35.5. The average molecular weight is 305 g/mol. The molecule has 0 bridgehead atoms. The summed E-state index contributed by atoms with van der Waals surface area (Å²) < 4.78 is 18.9. The van der Waals surface area contributed by atoms with Crippen molar-refractivity contribution in [2.24, 2.45) is 5.73 Å². The summed E-state index contributed by atoms with van der Waals surface area (Å²) >= 11 is 6.08. The Kier molecular flexibility index (Phi) is 3.82. The lowest BCUT2D eigenvalue weighted by Crippen LogP contribution is -2.20. The van der Waals surface area contributed by atoms with Gasteiger partial charge in [-0.1, -0.05) is 29.8 Å². The van der Waals surface area contributed by atoms with Crippen LogP contribution < -0.4 is 11.1 Å². The van der Waals surface area contributed by atoms with Gasteiger partial charge in [0.15, 0.2) is 0 Å². The molecule has 5 heteroatoms. The van der Waals surface area contributed by atoms with Gasteiger partial charge in [0.2, 0.25) is 0 Å². The van der Waals surface area contributed by atoms with Crippen molar-refractivity contribution < 1.29 is 8.81 Å². The minimum atomic E-state index is -0.352. The highest BCUT2D eigenvalue weighted by molar-refractivity contribution is 6.33. The number of para-hydroxylation sites is 1. The van der Waals surface area contributed by atoms with Crippen LogP contribution in [0.1, 0.15) is 11.6 Å². The van der Waals surface area contributed by atoms with Gasteiger partial charge in [0.25, 0.3) is 0 Å². The first-order valence-electron chi connectivity index (χ1n) is 6.57. The summed E-state index contributed by atoms with van der Waals surface area (Å²) in [5.74, 6) is -0.352. The van der Waals surface area contributed by atoms with Gasteiger partial charge in [-0.2, -0.15) is 0 Å². The zero-order valence-corrected chi connectivity index (χ0v) is 11.9. The molecule has 2 aromatic carbocycles. The van der Waals surface area contributed by atoms with Gasteiger partial charge >= 0.3 is 0 Å². The molecule has 0 radical (unpaired) electrons. The van der Waals surface area contributed by atoms with Crippen molar-refractivity contribution in [3.05, 3.63) is 65.1 Å². The molecule has 3 N–H and O–H groups in total. The standard InChI is InChI=1S/C16H14ClFN2O/c17-13-6-5-10(18)7-14(13)20-15(8-19)12-9-21-16-4-2-1-3-11(12)16/h1-7,9,15,20H,8,19H2. The fourth-order valence-electron chi connectivity index (χ4n) is 2.33. The number of nitrogens with two attached hydrogens (primary N) is 1. The van der Waals surface area contributed by atoms with Crippen molar-refractivity contribution in [3.8, 4) is 0 Å². The van der Waals surface area contributed by atoms with E-state index >= 15 is 0 Å². The quantitative estimate of drug-likeness (QED) is 0.754. The van der Waals surface area contributed by atoms with Gasteiger partial charge in [0.1, 0.15) is 11.4 Å². The molecule has 0 saturated heterocycles. The topological polar surface area (TPSA) is 51.2 Å². The van der Waals surface area contributed by atoms with E-state index in [2.05, 4.69) is 5.32 Å². The Morgan fingerprint density at radius 1 is 1.24 bits per heavy atom. The van der Waals surface area contributed by atoms with E-state index in [1.807, 2.05) is 24.3 Å². The van der Waals surface area contributed by atoms with Crippen molar-refractivity contribution in [2.45, 2.75) is 6.04 Å². The molecule has 108 valence electrons. The second kappa shape index (κ2) is 5.76. The van der Waals surface area contributed by atoms with Crippen LogP contribution in [0, 0.1) is 5.82 Å². The summed E-state index contributed by atoms with van der Waals surface area (Å²) in [6.45, 7) is 0.330. The number of hydrogen-bond acceptors (Lipinski definition) is 3. The van der Waals surface area contributed by atoms with Crippen molar-refractivity contribution in [2.75, 3.05) is 11.9 Å². The van der Waals surface area contributed by atoms with Crippen molar-refractivity contribution >= 4 is 28.3 Å². The number of halogens is 2. The van der Waals surface area contributed by atoms with E-state index in [9.17, 15) is 4.39 Å². The molecule has 1 aromatic heterocycles. The van der Waals surface area contributed by atoms with Gasteiger partial charge in [0.05, 0.1) is 23.0 Å². The molecule has 1 unspecified atom stereocenters. The van der Waals surface area contributed by atoms with Crippen LogP contribution in [0.4, 0.5) is 10.1 Å². The molecule has 0 spiro atoms. The molecule has 0 fully saturated rings. The van der Waals surface area contributed by atoms with E-state index in [4.69, 9.17) is 21.8 Å². The van der Waals surface area contributed by atoms with E-state index in [0.29, 0.717) is 17.3 Å². The predicted octanol–water partition coefficient (Wildman–Crippen LogP) is 4.34. The Morgan fingerprint density at radius 2 is 2.05 bits per heavy atom. The molecular weight excluding hydrogens is 291 g/mol. The van der Waals surface area contributed by atoms with Gasteiger partial charge in [-0.3, -0.25) is 0 Å². The lowest BCUT2D eigenvalue weighted by Gasteiger charge is -2.18. The largest absolute Gasteiger partial charge is 0.464 e. The van der Waals surface area contributed by atoms with E-state index in [1.165, 1.54) is 18.2 Å². The van der Waals surface area contributed by atoms with Crippen molar-refractivity contribution in [1.29, 1.82) is 0 Å². The number of nitrogens with one attached hydrogen (secondary N) is 1. The summed E-state index contributed by atoms with van der Waals surface area (Å²) in [6, 6.07) is 11.7. The molecule has 0 amide bonds. The first-order valence-corrected chi connectivity index (χ1v) is 6.94. The highest BCUT2D eigenvalue weighted by Gasteiger charge is 2.17. The van der Waals surface area contributed by atoms with Crippen LogP contribution in [0.15, 0.2) is 53.1 Å². The SMILES string of the molecule is NCC(Nc1cc(F)ccc1Cl)c1coc2ccccc12. The molecule has 3 nitrogen and oxygen atoms in total. The molecule has 21 heavy (non-hydrogen) atoms. The first kappa shape index (κ1) is 13.9. The average Bonchev–Trinajstić information content (AvgIpc) is 2.92. The number of furan rings is 1. The Bertz CT molecular complexity index is 772. The maximum absolute atomic E-state index is 13.3. The number of hydrogen-bond donors (Lipinski definition) is 2. The maximum Gasteiger partial charge on any atom is 0.134 e. The molecule has 0 aliphatic rings. The minimum absolute atomic E-state index is 0.215. The van der Waals surface area contributed by atoms with Crippen molar-refractivity contribution in [1.82, 2.24) is 0 Å². The van der Waals surface area contributed by atoms with E-state index in [1.54, 1.807) is 6.26 Å². The fraction of sp³-hybridized carbons (Fsp3) is 0.125. The number of anilines is 1. The molecule has 1 atom stereocenters. The summed E-state index contributed by atoms with van der Waals surface area (Å²) in [6.07, 6.45) is 1.67. The van der Waals surface area contributed by atoms with Crippen LogP contribution in [0.5, 0.6) is 0 Å². The van der Waals surface area contributed by atoms with Crippen LogP contribution in [0.25, 0.3) is 11.0 Å². The smallest absolute Gasteiger partial charge is 0.134 e. The fourth-order valence-corrected chi connectivity index (χ4v) is 2.50. The third-order valence-electron chi connectivity index (χ3n) is 3.38. The number of rotatable bonds is 4. The van der Waals surface area contributed by atoms with Gasteiger partial charge in [0, 0.05) is 17.5 Å². The predicted molar refractivity (Wildman–Crippen MR) is 83.0 cm³/mol. The summed E-state index contributed by atoms with van der Waals surface area (Å²) in [4.78, 5) is 0. The molecule has 1 heterocycles. The Balaban J connectivity index is 1.97. The normalized spacial score (nSPS) is 12.5. The monoisotopic (exact) mass is 304 g/mol.